The minimum absolute atomic E-state index is 0.759. The van der Waals surface area contributed by atoms with E-state index < -0.39 is 8.07 Å². The SMILES string of the molecule is CC(C)[Si](C#CI)(C(C)C)C(C)C. The van der Waals surface area contributed by atoms with E-state index in [1.54, 1.807) is 0 Å². The fraction of sp³-hybridized carbons (Fsp3) is 0.818. The third kappa shape index (κ3) is 2.73. The maximum atomic E-state index is 3.57. The zero-order chi connectivity index (χ0) is 10.6. The van der Waals surface area contributed by atoms with Crippen LogP contribution in [0.25, 0.3) is 0 Å². The summed E-state index contributed by atoms with van der Waals surface area (Å²) in [6.45, 7) is 14.0. The molecule has 0 nitrogen and oxygen atoms in total. The Morgan fingerprint density at radius 2 is 1.15 bits per heavy atom. The van der Waals surface area contributed by atoms with Crippen molar-refractivity contribution in [1.82, 2.24) is 0 Å². The minimum Gasteiger partial charge on any atom is -0.119 e. The van der Waals surface area contributed by atoms with Crippen LogP contribution in [0.15, 0.2) is 0 Å². The molecule has 0 fully saturated rings. The molecule has 0 bridgehead atoms. The molecule has 0 saturated heterocycles. The van der Waals surface area contributed by atoms with Crippen molar-refractivity contribution >= 4 is 30.7 Å². The van der Waals surface area contributed by atoms with Crippen LogP contribution in [-0.2, 0) is 0 Å². The standard InChI is InChI=1S/C11H21ISi/c1-9(2)13(8-7-12,10(3)4)11(5)6/h9-11H,1-6H3. The zero-order valence-corrected chi connectivity index (χ0v) is 12.8. The monoisotopic (exact) mass is 308 g/mol. The van der Waals surface area contributed by atoms with Crippen molar-refractivity contribution in [2.45, 2.75) is 58.2 Å². The molecule has 13 heavy (non-hydrogen) atoms. The van der Waals surface area contributed by atoms with Gasteiger partial charge in [0.2, 0.25) is 0 Å². The second-order valence-corrected chi connectivity index (χ2v) is 10.7. The van der Waals surface area contributed by atoms with Gasteiger partial charge < -0.3 is 0 Å². The van der Waals surface area contributed by atoms with Crippen LogP contribution in [0, 0.1) is 9.47 Å². The van der Waals surface area contributed by atoms with Crippen LogP contribution in [0.5, 0.6) is 0 Å². The van der Waals surface area contributed by atoms with Gasteiger partial charge in [0.05, 0.1) is 0 Å². The Morgan fingerprint density at radius 3 is 1.23 bits per heavy atom. The molecule has 0 saturated carbocycles. The zero-order valence-electron chi connectivity index (χ0n) is 9.61. The van der Waals surface area contributed by atoms with E-state index in [1.807, 2.05) is 0 Å². The molecule has 0 N–H and O–H groups in total. The Kier molecular flexibility index (Phi) is 5.61. The molecule has 0 unspecified atom stereocenters. The third-order valence-corrected chi connectivity index (χ3v) is 10.2. The average Bonchev–Trinajstić information content (AvgIpc) is 1.97. The van der Waals surface area contributed by atoms with Gasteiger partial charge in [-0.15, -0.1) is 5.54 Å². The molecule has 0 aromatic carbocycles. The van der Waals surface area contributed by atoms with Gasteiger partial charge >= 0.3 is 0 Å². The molecule has 0 spiro atoms. The van der Waals surface area contributed by atoms with Crippen LogP contribution in [-0.4, -0.2) is 8.07 Å². The Morgan fingerprint density at radius 1 is 0.846 bits per heavy atom. The molecule has 0 amide bonds. The summed E-state index contributed by atoms with van der Waals surface area (Å²) in [6.07, 6.45) is 0. The van der Waals surface area contributed by atoms with Gasteiger partial charge in [0.25, 0.3) is 0 Å². The maximum absolute atomic E-state index is 3.57. The van der Waals surface area contributed by atoms with E-state index in [0.29, 0.717) is 0 Å². The number of halogens is 1. The van der Waals surface area contributed by atoms with E-state index in [9.17, 15) is 0 Å². The second kappa shape index (κ2) is 5.40. The van der Waals surface area contributed by atoms with Crippen molar-refractivity contribution in [3.8, 4) is 9.47 Å². The molecule has 76 valence electrons. The van der Waals surface area contributed by atoms with Crippen LogP contribution < -0.4 is 0 Å². The predicted molar refractivity (Wildman–Crippen MR) is 72.8 cm³/mol. The summed E-state index contributed by atoms with van der Waals surface area (Å²) in [6, 6.07) is 0. The van der Waals surface area contributed by atoms with E-state index in [4.69, 9.17) is 0 Å². The molecular weight excluding hydrogens is 287 g/mol. The van der Waals surface area contributed by atoms with E-state index in [0.717, 1.165) is 16.6 Å². The fourth-order valence-corrected chi connectivity index (χ4v) is 8.95. The summed E-state index contributed by atoms with van der Waals surface area (Å²) >= 11 is 2.19. The van der Waals surface area contributed by atoms with Crippen LogP contribution >= 0.6 is 22.6 Å². The molecule has 0 atom stereocenters. The topological polar surface area (TPSA) is 0 Å². The highest BCUT2D eigenvalue weighted by Gasteiger charge is 2.41. The molecule has 0 aliphatic heterocycles. The minimum atomic E-state index is -1.40. The van der Waals surface area contributed by atoms with Crippen LogP contribution in [0.4, 0.5) is 0 Å². The lowest BCUT2D eigenvalue weighted by atomic mass is 10.5. The summed E-state index contributed by atoms with van der Waals surface area (Å²) < 4.78 is 3.13. The van der Waals surface area contributed by atoms with Crippen molar-refractivity contribution < 1.29 is 0 Å². The Balaban J connectivity index is 5.14. The predicted octanol–water partition coefficient (Wildman–Crippen LogP) is 4.60. The molecule has 0 aliphatic carbocycles. The van der Waals surface area contributed by atoms with E-state index >= 15 is 0 Å². The Hall–Kier alpha value is 0.507. The Labute approximate surface area is 98.0 Å². The third-order valence-electron chi connectivity index (χ3n) is 3.13. The maximum Gasteiger partial charge on any atom is 0.147 e. The Bertz CT molecular complexity index is 186. The number of hydrogen-bond donors (Lipinski definition) is 0. The van der Waals surface area contributed by atoms with Crippen molar-refractivity contribution in [2.75, 3.05) is 0 Å². The van der Waals surface area contributed by atoms with E-state index in [-0.39, 0.29) is 0 Å². The molecule has 0 aromatic heterocycles. The summed E-state index contributed by atoms with van der Waals surface area (Å²) in [5.74, 6) is 0. The largest absolute Gasteiger partial charge is 0.147 e. The van der Waals surface area contributed by atoms with Crippen LogP contribution in [0.2, 0.25) is 16.6 Å². The van der Waals surface area contributed by atoms with Gasteiger partial charge in [-0.05, 0) is 20.6 Å². The van der Waals surface area contributed by atoms with E-state index in [1.165, 1.54) is 0 Å². The van der Waals surface area contributed by atoms with Gasteiger partial charge in [0.1, 0.15) is 8.07 Å². The first-order valence-electron chi connectivity index (χ1n) is 5.02. The summed E-state index contributed by atoms with van der Waals surface area (Å²) in [4.78, 5) is 0. The van der Waals surface area contributed by atoms with Gasteiger partial charge in [0.15, 0.2) is 0 Å². The summed E-state index contributed by atoms with van der Waals surface area (Å²) in [7, 11) is -1.40. The molecule has 0 radical (unpaired) electrons. The van der Waals surface area contributed by atoms with Crippen LogP contribution in [0.3, 0.4) is 0 Å². The molecule has 0 heterocycles. The first-order valence-corrected chi connectivity index (χ1v) is 8.33. The van der Waals surface area contributed by atoms with E-state index in [2.05, 4.69) is 73.6 Å². The van der Waals surface area contributed by atoms with Gasteiger partial charge in [-0.3, -0.25) is 0 Å². The summed E-state index contributed by atoms with van der Waals surface area (Å²) in [5, 5.41) is 0. The average molecular weight is 308 g/mol. The lowest BCUT2D eigenvalue weighted by Crippen LogP contribution is -2.43. The molecule has 0 aliphatic rings. The molecule has 0 aromatic rings. The fourth-order valence-electron chi connectivity index (χ4n) is 2.51. The normalized spacial score (nSPS) is 12.2. The lowest BCUT2D eigenvalue weighted by molar-refractivity contribution is 0.838. The second-order valence-electron chi connectivity index (χ2n) is 4.62. The highest BCUT2D eigenvalue weighted by molar-refractivity contribution is 14.1. The van der Waals surface area contributed by atoms with Gasteiger partial charge in [-0.1, -0.05) is 41.5 Å². The molecular formula is C11H21ISi. The smallest absolute Gasteiger partial charge is 0.119 e. The lowest BCUT2D eigenvalue weighted by Gasteiger charge is -2.37. The van der Waals surface area contributed by atoms with Crippen molar-refractivity contribution in [3.63, 3.8) is 0 Å². The van der Waals surface area contributed by atoms with Crippen molar-refractivity contribution in [3.05, 3.63) is 0 Å². The first-order chi connectivity index (χ1) is 5.89. The number of hydrogen-bond acceptors (Lipinski definition) is 0. The van der Waals surface area contributed by atoms with Gasteiger partial charge in [0, 0.05) is 22.6 Å². The van der Waals surface area contributed by atoms with Crippen molar-refractivity contribution in [1.29, 1.82) is 0 Å². The first kappa shape index (κ1) is 13.5. The van der Waals surface area contributed by atoms with Gasteiger partial charge in [-0.25, -0.2) is 0 Å². The highest BCUT2D eigenvalue weighted by Crippen LogP contribution is 2.40. The highest BCUT2D eigenvalue weighted by atomic mass is 127. The molecule has 0 rings (SSSR count). The molecule has 2 heteroatoms. The van der Waals surface area contributed by atoms with Gasteiger partial charge in [-0.2, -0.15) is 0 Å². The summed E-state index contributed by atoms with van der Waals surface area (Å²) in [5.41, 5.74) is 5.85. The number of rotatable bonds is 3. The quantitative estimate of drug-likeness (QED) is 0.406. The van der Waals surface area contributed by atoms with Crippen LogP contribution in [0.1, 0.15) is 41.5 Å². The van der Waals surface area contributed by atoms with Crippen molar-refractivity contribution in [2.24, 2.45) is 0 Å².